The van der Waals surface area contributed by atoms with E-state index in [0.29, 0.717) is 11.2 Å². The topological polar surface area (TPSA) is 81.6 Å². The second kappa shape index (κ2) is 7.28. The molecule has 0 unspecified atom stereocenters. The number of benzene rings is 1. The van der Waals surface area contributed by atoms with Gasteiger partial charge in [-0.25, -0.2) is 9.37 Å². The summed E-state index contributed by atoms with van der Waals surface area (Å²) in [6, 6.07) is 9.56. The Hall–Kier alpha value is -2.98. The van der Waals surface area contributed by atoms with Crippen molar-refractivity contribution in [3.05, 3.63) is 69.7 Å². The van der Waals surface area contributed by atoms with Crippen molar-refractivity contribution in [1.82, 2.24) is 15.3 Å². The summed E-state index contributed by atoms with van der Waals surface area (Å²) in [5.41, 5.74) is 2.07. The maximum absolute atomic E-state index is 12.9. The molecule has 0 radical (unpaired) electrons. The quantitative estimate of drug-likeness (QED) is 0.519. The fraction of sp³-hybridized carbons (Fsp3) is 0.0556. The van der Waals surface area contributed by atoms with Crippen molar-refractivity contribution in [2.24, 2.45) is 0 Å². The van der Waals surface area contributed by atoms with Gasteiger partial charge in [0, 0.05) is 34.4 Å². The number of nitrogens with zero attached hydrogens (tertiary/aromatic N) is 2. The molecule has 1 aromatic carbocycles. The number of rotatable bonds is 4. The molecule has 0 aliphatic heterocycles. The first-order valence-electron chi connectivity index (χ1n) is 7.34. The Morgan fingerprint density at radius 3 is 2.88 bits per heavy atom. The second-order valence-corrected chi connectivity index (χ2v) is 6.19. The molecule has 124 valence electrons. The van der Waals surface area contributed by atoms with Crippen molar-refractivity contribution in [3.8, 4) is 6.07 Å². The molecule has 2 heterocycles. The molecular formula is C18H12BrFN4O. The lowest BCUT2D eigenvalue weighted by molar-refractivity contribution is -0.117. The van der Waals surface area contributed by atoms with Gasteiger partial charge in [0.25, 0.3) is 5.91 Å². The van der Waals surface area contributed by atoms with Gasteiger partial charge in [0.15, 0.2) is 0 Å². The molecule has 0 saturated carbocycles. The molecule has 0 saturated heterocycles. The first-order valence-corrected chi connectivity index (χ1v) is 8.13. The average molecular weight is 399 g/mol. The molecule has 5 nitrogen and oxygen atoms in total. The molecule has 7 heteroatoms. The van der Waals surface area contributed by atoms with Crippen LogP contribution in [0.2, 0.25) is 0 Å². The van der Waals surface area contributed by atoms with E-state index in [1.54, 1.807) is 24.5 Å². The van der Waals surface area contributed by atoms with Crippen molar-refractivity contribution < 1.29 is 9.18 Å². The number of carbonyl (C=O) groups excluding carboxylic acids is 1. The van der Waals surface area contributed by atoms with Crippen LogP contribution in [0.5, 0.6) is 0 Å². The molecule has 1 amide bonds. The summed E-state index contributed by atoms with van der Waals surface area (Å²) in [6.07, 6.45) is 4.86. The number of aromatic amines is 1. The number of aromatic nitrogens is 2. The third kappa shape index (κ3) is 3.92. The van der Waals surface area contributed by atoms with Gasteiger partial charge in [-0.2, -0.15) is 5.26 Å². The lowest BCUT2D eigenvalue weighted by Crippen LogP contribution is -2.23. The molecule has 3 aromatic rings. The molecule has 3 rings (SSSR count). The Balaban J connectivity index is 1.79. The fourth-order valence-electron chi connectivity index (χ4n) is 2.30. The van der Waals surface area contributed by atoms with E-state index in [1.807, 2.05) is 12.1 Å². The lowest BCUT2D eigenvalue weighted by atomic mass is 10.1. The first kappa shape index (κ1) is 16.9. The first-order chi connectivity index (χ1) is 12.1. The summed E-state index contributed by atoms with van der Waals surface area (Å²) in [4.78, 5) is 19.4. The van der Waals surface area contributed by atoms with E-state index in [1.165, 1.54) is 18.2 Å². The Bertz CT molecular complexity index is 1000. The highest BCUT2D eigenvalue weighted by molar-refractivity contribution is 9.10. The fourth-order valence-corrected chi connectivity index (χ4v) is 2.63. The maximum Gasteiger partial charge on any atom is 0.262 e. The van der Waals surface area contributed by atoms with Gasteiger partial charge in [-0.05, 0) is 45.8 Å². The predicted octanol–water partition coefficient (Wildman–Crippen LogP) is 3.69. The van der Waals surface area contributed by atoms with Crippen LogP contribution in [0, 0.1) is 17.1 Å². The molecule has 25 heavy (non-hydrogen) atoms. The largest absolute Gasteiger partial charge is 0.347 e. The van der Waals surface area contributed by atoms with Gasteiger partial charge in [0.1, 0.15) is 23.1 Å². The van der Waals surface area contributed by atoms with Crippen LogP contribution in [-0.2, 0) is 11.3 Å². The van der Waals surface area contributed by atoms with Crippen molar-refractivity contribution in [2.75, 3.05) is 0 Å². The smallest absolute Gasteiger partial charge is 0.262 e. The number of hydrogen-bond donors (Lipinski definition) is 2. The molecule has 0 fully saturated rings. The summed E-state index contributed by atoms with van der Waals surface area (Å²) < 4.78 is 13.7. The van der Waals surface area contributed by atoms with Crippen LogP contribution in [-0.4, -0.2) is 15.9 Å². The molecule has 0 aliphatic carbocycles. The summed E-state index contributed by atoms with van der Waals surface area (Å²) in [5, 5.41) is 12.7. The number of amides is 1. The van der Waals surface area contributed by atoms with Crippen LogP contribution in [0.15, 0.2) is 52.8 Å². The summed E-state index contributed by atoms with van der Waals surface area (Å²) in [6.45, 7) is 0.207. The van der Waals surface area contributed by atoms with E-state index in [-0.39, 0.29) is 17.9 Å². The van der Waals surface area contributed by atoms with Crippen molar-refractivity contribution in [1.29, 1.82) is 5.26 Å². The van der Waals surface area contributed by atoms with Crippen LogP contribution in [0.1, 0.15) is 11.1 Å². The van der Waals surface area contributed by atoms with Crippen molar-refractivity contribution in [3.63, 3.8) is 0 Å². The number of hydrogen-bond acceptors (Lipinski definition) is 3. The molecule has 0 atom stereocenters. The summed E-state index contributed by atoms with van der Waals surface area (Å²) >= 11 is 3.35. The number of nitrogens with one attached hydrogen (secondary N) is 2. The van der Waals surface area contributed by atoms with Crippen LogP contribution in [0.25, 0.3) is 17.1 Å². The Morgan fingerprint density at radius 2 is 2.16 bits per heavy atom. The van der Waals surface area contributed by atoms with E-state index >= 15 is 0 Å². The van der Waals surface area contributed by atoms with Gasteiger partial charge in [-0.3, -0.25) is 4.79 Å². The van der Waals surface area contributed by atoms with E-state index in [9.17, 15) is 14.4 Å². The van der Waals surface area contributed by atoms with Crippen LogP contribution in [0.3, 0.4) is 0 Å². The number of nitriles is 1. The van der Waals surface area contributed by atoms with Crippen LogP contribution >= 0.6 is 15.9 Å². The number of carbonyl (C=O) groups is 1. The molecule has 2 aromatic heterocycles. The standard InChI is InChI=1S/C18H12BrFN4O/c19-14-6-16-13(9-22-17(16)23-10-14)5-12(7-21)18(25)24-8-11-1-3-15(20)4-2-11/h1-6,9-10H,8H2,(H,22,23)(H,24,25)/b12-5+. The van der Waals surface area contributed by atoms with E-state index in [4.69, 9.17) is 0 Å². The van der Waals surface area contributed by atoms with Crippen LogP contribution in [0.4, 0.5) is 4.39 Å². The van der Waals surface area contributed by atoms with E-state index < -0.39 is 5.91 Å². The van der Waals surface area contributed by atoms with Gasteiger partial charge in [0.2, 0.25) is 0 Å². The van der Waals surface area contributed by atoms with Gasteiger partial charge in [-0.15, -0.1) is 0 Å². The van der Waals surface area contributed by atoms with Gasteiger partial charge in [0.05, 0.1) is 0 Å². The average Bonchev–Trinajstić information content (AvgIpc) is 3.00. The zero-order valence-electron chi connectivity index (χ0n) is 12.9. The van der Waals surface area contributed by atoms with E-state index in [2.05, 4.69) is 31.2 Å². The predicted molar refractivity (Wildman–Crippen MR) is 95.6 cm³/mol. The van der Waals surface area contributed by atoms with Gasteiger partial charge >= 0.3 is 0 Å². The zero-order chi connectivity index (χ0) is 17.8. The van der Waals surface area contributed by atoms with Gasteiger partial charge < -0.3 is 10.3 Å². The number of H-pyrrole nitrogens is 1. The minimum atomic E-state index is -0.496. The van der Waals surface area contributed by atoms with E-state index in [0.717, 1.165) is 15.4 Å². The van der Waals surface area contributed by atoms with Crippen molar-refractivity contribution >= 4 is 38.9 Å². The summed E-state index contributed by atoms with van der Waals surface area (Å²) in [5.74, 6) is -0.837. The highest BCUT2D eigenvalue weighted by atomic mass is 79.9. The minimum Gasteiger partial charge on any atom is -0.347 e. The Kier molecular flexibility index (Phi) is 4.91. The zero-order valence-corrected chi connectivity index (χ0v) is 14.5. The summed E-state index contributed by atoms with van der Waals surface area (Å²) in [7, 11) is 0. The van der Waals surface area contributed by atoms with Crippen LogP contribution < -0.4 is 5.32 Å². The maximum atomic E-state index is 12.9. The minimum absolute atomic E-state index is 0.0250. The SMILES string of the molecule is N#C/C(=C\c1c[nH]c2ncc(Br)cc12)C(=O)NCc1ccc(F)cc1. The number of pyridine rings is 1. The molecule has 0 aliphatic rings. The Morgan fingerprint density at radius 1 is 1.40 bits per heavy atom. The molecule has 0 spiro atoms. The monoisotopic (exact) mass is 398 g/mol. The van der Waals surface area contributed by atoms with Crippen molar-refractivity contribution in [2.45, 2.75) is 6.54 Å². The molecular weight excluding hydrogens is 387 g/mol. The van der Waals surface area contributed by atoms with Gasteiger partial charge in [-0.1, -0.05) is 12.1 Å². The third-order valence-corrected chi connectivity index (χ3v) is 3.99. The third-order valence-electron chi connectivity index (χ3n) is 3.56. The highest BCUT2D eigenvalue weighted by Crippen LogP contribution is 2.22. The number of fused-ring (bicyclic) bond motifs is 1. The molecule has 2 N–H and O–H groups in total. The number of halogens is 2. The highest BCUT2D eigenvalue weighted by Gasteiger charge is 2.11. The lowest BCUT2D eigenvalue weighted by Gasteiger charge is -2.04. The normalized spacial score (nSPS) is 11.3. The second-order valence-electron chi connectivity index (χ2n) is 5.27. The molecule has 0 bridgehead atoms. The Labute approximate surface area is 151 Å².